The molecule has 1 saturated heterocycles. The van der Waals surface area contributed by atoms with E-state index in [0.717, 1.165) is 19.4 Å². The highest BCUT2D eigenvalue weighted by Gasteiger charge is 2.22. The van der Waals surface area contributed by atoms with Crippen LogP contribution in [0.3, 0.4) is 0 Å². The van der Waals surface area contributed by atoms with Crippen molar-refractivity contribution in [2.24, 2.45) is 0 Å². The van der Waals surface area contributed by atoms with Gasteiger partial charge in [0.2, 0.25) is 5.91 Å². The van der Waals surface area contributed by atoms with Crippen molar-refractivity contribution in [3.05, 3.63) is 29.8 Å². The van der Waals surface area contributed by atoms with Crippen LogP contribution < -0.4 is 15.4 Å². The van der Waals surface area contributed by atoms with Gasteiger partial charge in [0.1, 0.15) is 5.75 Å². The second kappa shape index (κ2) is 8.09. The van der Waals surface area contributed by atoms with Gasteiger partial charge in [-0.1, -0.05) is 18.2 Å². The number of aliphatic hydroxyl groups excluding tert-OH is 1. The molecule has 2 atom stereocenters. The molecule has 20 heavy (non-hydrogen) atoms. The van der Waals surface area contributed by atoms with Crippen LogP contribution in [0.5, 0.6) is 5.75 Å². The first-order valence-corrected chi connectivity index (χ1v) is 6.54. The largest absolute Gasteiger partial charge is 0.496 e. The van der Waals surface area contributed by atoms with E-state index in [1.165, 1.54) is 0 Å². The normalized spacial score (nSPS) is 19.0. The van der Waals surface area contributed by atoms with Crippen LogP contribution >= 0.6 is 12.4 Å². The molecule has 1 amide bonds. The minimum absolute atomic E-state index is 0. The number of nitrogens with one attached hydrogen (secondary N) is 2. The third-order valence-electron chi connectivity index (χ3n) is 3.34. The fraction of sp³-hybridized carbons (Fsp3) is 0.500. The predicted molar refractivity (Wildman–Crippen MR) is 79.2 cm³/mol. The topological polar surface area (TPSA) is 70.6 Å². The van der Waals surface area contributed by atoms with Crippen molar-refractivity contribution in [2.75, 3.05) is 20.2 Å². The molecule has 6 heteroatoms. The van der Waals surface area contributed by atoms with Crippen molar-refractivity contribution in [1.29, 1.82) is 0 Å². The third kappa shape index (κ3) is 4.10. The number of halogens is 1. The lowest BCUT2D eigenvalue weighted by Gasteiger charge is -2.17. The molecule has 0 spiro atoms. The van der Waals surface area contributed by atoms with Crippen molar-refractivity contribution in [1.82, 2.24) is 10.6 Å². The van der Waals surface area contributed by atoms with Gasteiger partial charge in [0.05, 0.1) is 19.3 Å². The summed E-state index contributed by atoms with van der Waals surface area (Å²) in [6.07, 6.45) is 1.12. The van der Waals surface area contributed by atoms with Crippen LogP contribution in [0, 0.1) is 0 Å². The number of rotatable bonds is 5. The summed E-state index contributed by atoms with van der Waals surface area (Å²) in [6.45, 7) is 1.07. The summed E-state index contributed by atoms with van der Waals surface area (Å²) in [4.78, 5) is 11.8. The van der Waals surface area contributed by atoms with Gasteiger partial charge in [-0.2, -0.15) is 0 Å². The maximum atomic E-state index is 11.8. The first-order chi connectivity index (χ1) is 9.22. The molecule has 1 aliphatic heterocycles. The van der Waals surface area contributed by atoms with Gasteiger partial charge in [0.15, 0.2) is 0 Å². The van der Waals surface area contributed by atoms with Gasteiger partial charge in [0, 0.05) is 12.1 Å². The van der Waals surface area contributed by atoms with Crippen LogP contribution in [0.2, 0.25) is 0 Å². The maximum absolute atomic E-state index is 11.8. The van der Waals surface area contributed by atoms with Gasteiger partial charge in [-0.05, 0) is 25.5 Å². The number of carbonyl (C=O) groups is 1. The zero-order valence-corrected chi connectivity index (χ0v) is 12.3. The van der Waals surface area contributed by atoms with Crippen LogP contribution in [-0.2, 0) is 4.79 Å². The summed E-state index contributed by atoms with van der Waals surface area (Å²) >= 11 is 0. The van der Waals surface area contributed by atoms with E-state index < -0.39 is 6.10 Å². The summed E-state index contributed by atoms with van der Waals surface area (Å²) in [5.74, 6) is 0.578. The average molecular weight is 301 g/mol. The van der Waals surface area contributed by atoms with Gasteiger partial charge in [-0.3, -0.25) is 4.79 Å². The summed E-state index contributed by atoms with van der Waals surface area (Å²) in [6, 6.07) is 7.14. The quantitative estimate of drug-likeness (QED) is 0.759. The molecule has 1 aliphatic rings. The lowest BCUT2D eigenvalue weighted by molar-refractivity contribution is -0.123. The van der Waals surface area contributed by atoms with E-state index in [4.69, 9.17) is 4.74 Å². The Balaban J connectivity index is 0.00000200. The Morgan fingerprint density at radius 3 is 2.95 bits per heavy atom. The number of hydrogen-bond acceptors (Lipinski definition) is 4. The summed E-state index contributed by atoms with van der Waals surface area (Å²) in [7, 11) is 1.56. The number of benzene rings is 1. The Morgan fingerprint density at radius 1 is 1.55 bits per heavy atom. The Hall–Kier alpha value is -1.30. The average Bonchev–Trinajstić information content (AvgIpc) is 2.98. The van der Waals surface area contributed by atoms with Crippen molar-refractivity contribution in [3.63, 3.8) is 0 Å². The molecule has 0 aliphatic carbocycles. The van der Waals surface area contributed by atoms with E-state index >= 15 is 0 Å². The smallest absolute Gasteiger partial charge is 0.237 e. The Kier molecular flexibility index (Phi) is 6.78. The molecule has 0 bridgehead atoms. The van der Waals surface area contributed by atoms with Crippen LogP contribution in [-0.4, -0.2) is 37.3 Å². The maximum Gasteiger partial charge on any atom is 0.237 e. The lowest BCUT2D eigenvalue weighted by Crippen LogP contribution is -2.41. The summed E-state index contributed by atoms with van der Waals surface area (Å²) in [5, 5.41) is 16.0. The molecule has 3 N–H and O–H groups in total. The Bertz CT molecular complexity index is 436. The molecule has 2 rings (SSSR count). The SMILES string of the molecule is COc1ccccc1C(O)CNC(=O)C1CCCN1.Cl. The highest BCUT2D eigenvalue weighted by Crippen LogP contribution is 2.24. The molecule has 1 aromatic rings. The van der Waals surface area contributed by atoms with Crippen LogP contribution in [0.15, 0.2) is 24.3 Å². The Labute approximate surface area is 125 Å². The number of aliphatic hydroxyl groups is 1. The van der Waals surface area contributed by atoms with E-state index in [2.05, 4.69) is 10.6 Å². The number of para-hydroxylation sites is 1. The molecule has 0 radical (unpaired) electrons. The van der Waals surface area contributed by atoms with Gasteiger partial charge in [-0.25, -0.2) is 0 Å². The zero-order valence-electron chi connectivity index (χ0n) is 11.5. The van der Waals surface area contributed by atoms with E-state index in [-0.39, 0.29) is 30.9 Å². The van der Waals surface area contributed by atoms with Crippen molar-refractivity contribution in [3.8, 4) is 5.75 Å². The van der Waals surface area contributed by atoms with Crippen LogP contribution in [0.1, 0.15) is 24.5 Å². The number of hydrogen-bond donors (Lipinski definition) is 3. The van der Waals surface area contributed by atoms with Gasteiger partial charge >= 0.3 is 0 Å². The lowest BCUT2D eigenvalue weighted by atomic mass is 10.1. The second-order valence-corrected chi connectivity index (χ2v) is 4.65. The minimum atomic E-state index is -0.762. The number of carbonyl (C=O) groups excluding carboxylic acids is 1. The highest BCUT2D eigenvalue weighted by molar-refractivity contribution is 5.85. The zero-order chi connectivity index (χ0) is 13.7. The molecule has 5 nitrogen and oxygen atoms in total. The number of amides is 1. The molecule has 0 aromatic heterocycles. The number of methoxy groups -OCH3 is 1. The standard InChI is InChI=1S/C14H20N2O3.ClH/c1-19-13-7-3-2-5-10(13)12(17)9-16-14(18)11-6-4-8-15-11;/h2-3,5,7,11-12,15,17H,4,6,8-9H2,1H3,(H,16,18);1H. The molecule has 1 aromatic carbocycles. The molecule has 0 saturated carbocycles. The van der Waals surface area contributed by atoms with E-state index in [1.54, 1.807) is 19.2 Å². The van der Waals surface area contributed by atoms with E-state index in [9.17, 15) is 9.90 Å². The van der Waals surface area contributed by atoms with Gasteiger partial charge < -0.3 is 20.5 Å². The summed E-state index contributed by atoms with van der Waals surface area (Å²) in [5.41, 5.74) is 0.685. The third-order valence-corrected chi connectivity index (χ3v) is 3.34. The fourth-order valence-electron chi connectivity index (χ4n) is 2.28. The van der Waals surface area contributed by atoms with Crippen molar-refractivity contribution < 1.29 is 14.6 Å². The highest BCUT2D eigenvalue weighted by atomic mass is 35.5. The number of ether oxygens (including phenoxy) is 1. The van der Waals surface area contributed by atoms with Crippen molar-refractivity contribution >= 4 is 18.3 Å². The molecule has 1 fully saturated rings. The van der Waals surface area contributed by atoms with Crippen LogP contribution in [0.25, 0.3) is 0 Å². The Morgan fingerprint density at radius 2 is 2.30 bits per heavy atom. The van der Waals surface area contributed by atoms with E-state index in [1.807, 2.05) is 12.1 Å². The van der Waals surface area contributed by atoms with Gasteiger partial charge in [0.25, 0.3) is 0 Å². The molecular weight excluding hydrogens is 280 g/mol. The van der Waals surface area contributed by atoms with Crippen molar-refractivity contribution in [2.45, 2.75) is 25.0 Å². The predicted octanol–water partition coefficient (Wildman–Crippen LogP) is 1.02. The molecule has 1 heterocycles. The molecule has 112 valence electrons. The monoisotopic (exact) mass is 300 g/mol. The first kappa shape index (κ1) is 16.8. The fourth-order valence-corrected chi connectivity index (χ4v) is 2.28. The van der Waals surface area contributed by atoms with E-state index in [0.29, 0.717) is 11.3 Å². The second-order valence-electron chi connectivity index (χ2n) is 4.65. The molecular formula is C14H21ClN2O3. The molecule has 2 unspecified atom stereocenters. The first-order valence-electron chi connectivity index (χ1n) is 6.54. The van der Waals surface area contributed by atoms with Gasteiger partial charge in [-0.15, -0.1) is 12.4 Å². The minimum Gasteiger partial charge on any atom is -0.496 e. The summed E-state index contributed by atoms with van der Waals surface area (Å²) < 4.78 is 5.19. The van der Waals surface area contributed by atoms with Crippen LogP contribution in [0.4, 0.5) is 0 Å².